The lowest BCUT2D eigenvalue weighted by Gasteiger charge is -2.24. The molecule has 2 nitrogen and oxygen atoms in total. The molecule has 0 aromatic heterocycles. The second-order valence-corrected chi connectivity index (χ2v) is 4.00. The molecule has 0 aliphatic carbocycles. The zero-order chi connectivity index (χ0) is 10.8. The Kier molecular flexibility index (Phi) is 9.42. The summed E-state index contributed by atoms with van der Waals surface area (Å²) in [4.78, 5) is 0. The van der Waals surface area contributed by atoms with Gasteiger partial charge in [0, 0.05) is 19.2 Å². The largest absolute Gasteiger partial charge is 0.383 e. The summed E-state index contributed by atoms with van der Waals surface area (Å²) >= 11 is 0. The van der Waals surface area contributed by atoms with Crippen molar-refractivity contribution in [3.05, 3.63) is 0 Å². The fourth-order valence-corrected chi connectivity index (χ4v) is 1.85. The molecule has 0 saturated carbocycles. The molecule has 2 unspecified atom stereocenters. The second kappa shape index (κ2) is 9.47. The third kappa shape index (κ3) is 6.39. The Labute approximate surface area is 89.4 Å². The molecule has 0 bridgehead atoms. The lowest BCUT2D eigenvalue weighted by Crippen LogP contribution is -2.40. The van der Waals surface area contributed by atoms with Crippen molar-refractivity contribution in [2.24, 2.45) is 0 Å². The summed E-state index contributed by atoms with van der Waals surface area (Å²) < 4.78 is 5.22. The van der Waals surface area contributed by atoms with Crippen LogP contribution < -0.4 is 5.32 Å². The van der Waals surface area contributed by atoms with Gasteiger partial charge >= 0.3 is 0 Å². The fraction of sp³-hybridized carbons (Fsp3) is 1.00. The molecule has 86 valence electrons. The van der Waals surface area contributed by atoms with E-state index in [4.69, 9.17) is 4.74 Å². The first kappa shape index (κ1) is 13.9. The predicted molar refractivity (Wildman–Crippen MR) is 62.7 cm³/mol. The maximum atomic E-state index is 5.22. The third-order valence-corrected chi connectivity index (χ3v) is 2.61. The molecular weight excluding hydrogens is 174 g/mol. The fourth-order valence-electron chi connectivity index (χ4n) is 1.85. The molecule has 0 rings (SSSR count). The van der Waals surface area contributed by atoms with Gasteiger partial charge in [-0.3, -0.25) is 0 Å². The van der Waals surface area contributed by atoms with Crippen molar-refractivity contribution in [1.82, 2.24) is 5.32 Å². The van der Waals surface area contributed by atoms with Crippen molar-refractivity contribution in [3.8, 4) is 0 Å². The highest BCUT2D eigenvalue weighted by Crippen LogP contribution is 2.05. The lowest BCUT2D eigenvalue weighted by atomic mass is 10.1. The maximum Gasteiger partial charge on any atom is 0.0615 e. The highest BCUT2D eigenvalue weighted by Gasteiger charge is 2.12. The van der Waals surface area contributed by atoms with Gasteiger partial charge in [-0.25, -0.2) is 0 Å². The molecule has 0 amide bonds. The number of nitrogens with one attached hydrogen (secondary N) is 1. The summed E-state index contributed by atoms with van der Waals surface area (Å²) in [6.45, 7) is 7.57. The highest BCUT2D eigenvalue weighted by molar-refractivity contribution is 4.72. The number of ether oxygens (including phenoxy) is 1. The molecule has 0 aromatic carbocycles. The van der Waals surface area contributed by atoms with Gasteiger partial charge in [-0.2, -0.15) is 0 Å². The summed E-state index contributed by atoms with van der Waals surface area (Å²) in [7, 11) is 1.78. The van der Waals surface area contributed by atoms with Crippen LogP contribution in [-0.2, 0) is 4.74 Å². The predicted octanol–water partition coefficient (Wildman–Crippen LogP) is 2.97. The topological polar surface area (TPSA) is 21.3 Å². The minimum atomic E-state index is 0.543. The van der Waals surface area contributed by atoms with Gasteiger partial charge in [-0.05, 0) is 19.3 Å². The first-order valence-corrected chi connectivity index (χ1v) is 6.03. The zero-order valence-electron chi connectivity index (χ0n) is 10.3. The van der Waals surface area contributed by atoms with E-state index in [0.29, 0.717) is 12.1 Å². The molecule has 2 atom stereocenters. The maximum absolute atomic E-state index is 5.22. The molecule has 0 aliphatic heterocycles. The van der Waals surface area contributed by atoms with E-state index < -0.39 is 0 Å². The molecule has 0 radical (unpaired) electrons. The van der Waals surface area contributed by atoms with E-state index >= 15 is 0 Å². The minimum absolute atomic E-state index is 0.543. The second-order valence-electron chi connectivity index (χ2n) is 4.00. The normalized spacial score (nSPS) is 15.4. The Morgan fingerprint density at radius 3 is 2.00 bits per heavy atom. The van der Waals surface area contributed by atoms with Crippen LogP contribution >= 0.6 is 0 Å². The summed E-state index contributed by atoms with van der Waals surface area (Å²) in [5.74, 6) is 0. The van der Waals surface area contributed by atoms with Gasteiger partial charge < -0.3 is 10.1 Å². The zero-order valence-corrected chi connectivity index (χ0v) is 10.3. The average molecular weight is 201 g/mol. The first-order valence-electron chi connectivity index (χ1n) is 6.03. The summed E-state index contributed by atoms with van der Waals surface area (Å²) in [5, 5.41) is 3.68. The van der Waals surface area contributed by atoms with Crippen molar-refractivity contribution >= 4 is 0 Å². The van der Waals surface area contributed by atoms with Crippen LogP contribution in [0.5, 0.6) is 0 Å². The summed E-state index contributed by atoms with van der Waals surface area (Å²) in [5.41, 5.74) is 0. The van der Waals surface area contributed by atoms with Gasteiger partial charge in [0.25, 0.3) is 0 Å². The number of rotatable bonds is 9. The van der Waals surface area contributed by atoms with Crippen LogP contribution in [0.4, 0.5) is 0 Å². The van der Waals surface area contributed by atoms with Crippen LogP contribution in [-0.4, -0.2) is 25.8 Å². The highest BCUT2D eigenvalue weighted by atomic mass is 16.5. The van der Waals surface area contributed by atoms with E-state index in [9.17, 15) is 0 Å². The first-order chi connectivity index (χ1) is 6.78. The van der Waals surface area contributed by atoms with E-state index in [1.807, 2.05) is 0 Å². The van der Waals surface area contributed by atoms with Crippen LogP contribution in [0.2, 0.25) is 0 Å². The van der Waals surface area contributed by atoms with Crippen molar-refractivity contribution in [1.29, 1.82) is 0 Å². The van der Waals surface area contributed by atoms with Crippen molar-refractivity contribution in [2.75, 3.05) is 13.7 Å². The standard InChI is InChI=1S/C12H27NO/c1-5-8-11(7-3)13-12(9-6-2)10-14-4/h11-13H,5-10H2,1-4H3. The van der Waals surface area contributed by atoms with Crippen LogP contribution in [0.1, 0.15) is 52.9 Å². The van der Waals surface area contributed by atoms with Gasteiger partial charge in [-0.1, -0.05) is 33.6 Å². The number of hydrogen-bond acceptors (Lipinski definition) is 2. The van der Waals surface area contributed by atoms with Crippen LogP contribution in [0, 0.1) is 0 Å². The molecular formula is C12H27NO. The van der Waals surface area contributed by atoms with Gasteiger partial charge in [0.1, 0.15) is 0 Å². The van der Waals surface area contributed by atoms with E-state index in [-0.39, 0.29) is 0 Å². The van der Waals surface area contributed by atoms with Crippen LogP contribution in [0.25, 0.3) is 0 Å². The summed E-state index contributed by atoms with van der Waals surface area (Å²) in [6.07, 6.45) is 6.20. The number of hydrogen-bond donors (Lipinski definition) is 1. The van der Waals surface area contributed by atoms with Gasteiger partial charge in [0.2, 0.25) is 0 Å². The molecule has 0 aromatic rings. The Morgan fingerprint density at radius 2 is 1.57 bits per heavy atom. The van der Waals surface area contributed by atoms with Gasteiger partial charge in [-0.15, -0.1) is 0 Å². The van der Waals surface area contributed by atoms with Crippen molar-refractivity contribution in [2.45, 2.75) is 65.0 Å². The van der Waals surface area contributed by atoms with E-state index in [0.717, 1.165) is 6.61 Å². The molecule has 1 N–H and O–H groups in total. The Balaban J connectivity index is 3.83. The van der Waals surface area contributed by atoms with E-state index in [1.54, 1.807) is 7.11 Å². The van der Waals surface area contributed by atoms with Crippen molar-refractivity contribution < 1.29 is 4.74 Å². The third-order valence-electron chi connectivity index (χ3n) is 2.61. The van der Waals surface area contributed by atoms with Crippen LogP contribution in [0.3, 0.4) is 0 Å². The molecule has 0 spiro atoms. The van der Waals surface area contributed by atoms with Crippen molar-refractivity contribution in [3.63, 3.8) is 0 Å². The summed E-state index contributed by atoms with van der Waals surface area (Å²) in [6, 6.07) is 1.22. The molecule has 0 saturated heterocycles. The SMILES string of the molecule is CCCC(CC)NC(CCC)COC. The van der Waals surface area contributed by atoms with E-state index in [1.165, 1.54) is 32.1 Å². The Hall–Kier alpha value is -0.0800. The quantitative estimate of drug-likeness (QED) is 0.619. The van der Waals surface area contributed by atoms with E-state index in [2.05, 4.69) is 26.1 Å². The lowest BCUT2D eigenvalue weighted by molar-refractivity contribution is 0.154. The Morgan fingerprint density at radius 1 is 1.00 bits per heavy atom. The van der Waals surface area contributed by atoms with Gasteiger partial charge in [0.05, 0.1) is 6.61 Å². The molecule has 0 fully saturated rings. The molecule has 0 aliphatic rings. The monoisotopic (exact) mass is 201 g/mol. The van der Waals surface area contributed by atoms with Gasteiger partial charge in [0.15, 0.2) is 0 Å². The number of methoxy groups -OCH3 is 1. The molecule has 2 heteroatoms. The minimum Gasteiger partial charge on any atom is -0.383 e. The smallest absolute Gasteiger partial charge is 0.0615 e. The molecule has 14 heavy (non-hydrogen) atoms. The molecule has 0 heterocycles. The average Bonchev–Trinajstić information content (AvgIpc) is 2.18. The Bertz CT molecular complexity index is 111. The van der Waals surface area contributed by atoms with Crippen LogP contribution in [0.15, 0.2) is 0 Å².